The molecule has 0 bridgehead atoms. The fourth-order valence-electron chi connectivity index (χ4n) is 2.79. The summed E-state index contributed by atoms with van der Waals surface area (Å²) in [6.07, 6.45) is 1.50. The highest BCUT2D eigenvalue weighted by atomic mass is 79.9. The molecule has 0 radical (unpaired) electrons. The van der Waals surface area contributed by atoms with Gasteiger partial charge in [-0.25, -0.2) is 0 Å². The number of piperidine rings is 1. The fourth-order valence-corrected chi connectivity index (χ4v) is 3.15. The Balaban J connectivity index is 1.73. The number of hydrogen-bond donors (Lipinski definition) is 1. The summed E-state index contributed by atoms with van der Waals surface area (Å²) in [6.45, 7) is 0.947. The Morgan fingerprint density at radius 2 is 1.82 bits per heavy atom. The van der Waals surface area contributed by atoms with Gasteiger partial charge >= 0.3 is 0 Å². The van der Waals surface area contributed by atoms with Gasteiger partial charge in [-0.3, -0.25) is 19.3 Å². The van der Waals surface area contributed by atoms with Crippen LogP contribution in [0.1, 0.15) is 33.6 Å². The van der Waals surface area contributed by atoms with Gasteiger partial charge in [0.25, 0.3) is 11.8 Å². The maximum Gasteiger partial charge on any atom is 0.262 e. The molecule has 0 atom stereocenters. The van der Waals surface area contributed by atoms with Crippen molar-refractivity contribution in [3.05, 3.63) is 33.8 Å². The maximum atomic E-state index is 12.3. The van der Waals surface area contributed by atoms with Crippen molar-refractivity contribution < 1.29 is 14.4 Å². The number of carbonyl (C=O) groups excluding carboxylic acids is 3. The van der Waals surface area contributed by atoms with E-state index in [1.165, 1.54) is 0 Å². The number of likely N-dealkylation sites (tertiary alicyclic amines) is 1. The number of carbonyl (C=O) groups is 3. The molecule has 2 N–H and O–H groups in total. The highest BCUT2D eigenvalue weighted by Gasteiger charge is 2.37. The lowest BCUT2D eigenvalue weighted by atomic mass is 10.1. The second-order valence-electron chi connectivity index (χ2n) is 5.60. The van der Waals surface area contributed by atoms with Crippen molar-refractivity contribution >= 4 is 33.7 Å². The molecule has 0 aliphatic carbocycles. The molecule has 2 aliphatic heterocycles. The lowest BCUT2D eigenvalue weighted by Crippen LogP contribution is -2.47. The number of nitrogens with zero attached hydrogens (tertiary/aromatic N) is 2. The average Bonchev–Trinajstić information content (AvgIpc) is 2.72. The van der Waals surface area contributed by atoms with Crippen LogP contribution in [0.4, 0.5) is 0 Å². The van der Waals surface area contributed by atoms with Gasteiger partial charge in [-0.2, -0.15) is 0 Å². The third-order valence-electron chi connectivity index (χ3n) is 4.12. The van der Waals surface area contributed by atoms with Crippen LogP contribution in [0.5, 0.6) is 0 Å². The number of benzene rings is 1. The largest absolute Gasteiger partial charge is 0.341 e. The molecule has 7 heteroatoms. The predicted octanol–water partition coefficient (Wildman–Crippen LogP) is 0.995. The Kier molecular flexibility index (Phi) is 4.01. The highest BCUT2D eigenvalue weighted by molar-refractivity contribution is 9.10. The van der Waals surface area contributed by atoms with E-state index >= 15 is 0 Å². The van der Waals surface area contributed by atoms with E-state index in [-0.39, 0.29) is 18.5 Å². The molecule has 1 aromatic carbocycles. The van der Waals surface area contributed by atoms with Gasteiger partial charge in [-0.1, -0.05) is 15.9 Å². The molecule has 1 aromatic rings. The molecular weight excluding hydrogens is 350 g/mol. The zero-order valence-electron chi connectivity index (χ0n) is 11.9. The fraction of sp³-hybridized carbons (Fsp3) is 0.400. The van der Waals surface area contributed by atoms with Gasteiger partial charge in [0.05, 0.1) is 11.1 Å². The zero-order chi connectivity index (χ0) is 15.9. The predicted molar refractivity (Wildman–Crippen MR) is 83.3 cm³/mol. The van der Waals surface area contributed by atoms with Crippen LogP contribution in [-0.4, -0.2) is 53.2 Å². The molecule has 6 nitrogen and oxygen atoms in total. The number of hydrogen-bond acceptors (Lipinski definition) is 4. The van der Waals surface area contributed by atoms with Crippen LogP contribution in [0.25, 0.3) is 0 Å². The van der Waals surface area contributed by atoms with E-state index < -0.39 is 11.8 Å². The normalized spacial score (nSPS) is 18.8. The van der Waals surface area contributed by atoms with Crippen molar-refractivity contribution in [2.75, 3.05) is 19.6 Å². The molecule has 1 saturated heterocycles. The standard InChI is InChI=1S/C15H16BrN3O3/c16-9-1-2-11-12(7-9)15(22)19(14(11)21)8-13(20)18-5-3-10(17)4-6-18/h1-2,7,10H,3-6,8,17H2. The van der Waals surface area contributed by atoms with E-state index in [1.807, 2.05) is 0 Å². The van der Waals surface area contributed by atoms with Crippen LogP contribution < -0.4 is 5.73 Å². The van der Waals surface area contributed by atoms with Gasteiger partial charge in [0.1, 0.15) is 6.54 Å². The number of fused-ring (bicyclic) bond motifs is 1. The van der Waals surface area contributed by atoms with Crippen molar-refractivity contribution in [1.29, 1.82) is 0 Å². The van der Waals surface area contributed by atoms with Crippen LogP contribution >= 0.6 is 15.9 Å². The molecular formula is C15H16BrN3O3. The Hall–Kier alpha value is -1.73. The van der Waals surface area contributed by atoms with E-state index in [0.29, 0.717) is 24.2 Å². The summed E-state index contributed by atoms with van der Waals surface area (Å²) in [4.78, 5) is 39.6. The van der Waals surface area contributed by atoms with Crippen molar-refractivity contribution in [1.82, 2.24) is 9.80 Å². The third kappa shape index (κ3) is 2.66. The van der Waals surface area contributed by atoms with Crippen LogP contribution in [-0.2, 0) is 4.79 Å². The van der Waals surface area contributed by atoms with Crippen LogP contribution in [0.15, 0.2) is 22.7 Å². The van der Waals surface area contributed by atoms with Gasteiger partial charge in [0, 0.05) is 23.6 Å². The van der Waals surface area contributed by atoms with E-state index in [1.54, 1.807) is 23.1 Å². The van der Waals surface area contributed by atoms with E-state index in [4.69, 9.17) is 5.73 Å². The minimum absolute atomic E-state index is 0.126. The molecule has 3 amide bonds. The van der Waals surface area contributed by atoms with Gasteiger partial charge in [0.2, 0.25) is 5.91 Å². The Morgan fingerprint density at radius 1 is 1.18 bits per heavy atom. The Bertz CT molecular complexity index is 653. The SMILES string of the molecule is NC1CCN(C(=O)CN2C(=O)c3ccc(Br)cc3C2=O)CC1. The summed E-state index contributed by atoms with van der Waals surface area (Å²) >= 11 is 3.28. The molecule has 22 heavy (non-hydrogen) atoms. The first-order chi connectivity index (χ1) is 10.5. The van der Waals surface area contributed by atoms with Crippen LogP contribution in [0, 0.1) is 0 Å². The van der Waals surface area contributed by atoms with Gasteiger partial charge in [0.15, 0.2) is 0 Å². The molecule has 0 saturated carbocycles. The summed E-state index contributed by atoms with van der Waals surface area (Å²) < 4.78 is 0.727. The first-order valence-electron chi connectivity index (χ1n) is 7.16. The highest BCUT2D eigenvalue weighted by Crippen LogP contribution is 2.26. The van der Waals surface area contributed by atoms with Gasteiger partial charge in [-0.15, -0.1) is 0 Å². The van der Waals surface area contributed by atoms with E-state index in [2.05, 4.69) is 15.9 Å². The number of amides is 3. The number of nitrogens with two attached hydrogens (primary N) is 1. The summed E-state index contributed by atoms with van der Waals surface area (Å²) in [5.74, 6) is -1.03. The molecule has 116 valence electrons. The van der Waals surface area contributed by atoms with Crippen molar-refractivity contribution in [3.8, 4) is 0 Å². The van der Waals surface area contributed by atoms with Crippen molar-refractivity contribution in [2.24, 2.45) is 5.73 Å². The van der Waals surface area contributed by atoms with E-state index in [9.17, 15) is 14.4 Å². The lowest BCUT2D eigenvalue weighted by Gasteiger charge is -2.31. The Labute approximate surface area is 136 Å². The summed E-state index contributed by atoms with van der Waals surface area (Å²) in [5, 5.41) is 0. The second kappa shape index (κ2) is 5.81. The minimum atomic E-state index is -0.414. The van der Waals surface area contributed by atoms with Gasteiger partial charge in [-0.05, 0) is 31.0 Å². The second-order valence-corrected chi connectivity index (χ2v) is 6.52. The molecule has 0 unspecified atom stereocenters. The Morgan fingerprint density at radius 3 is 2.50 bits per heavy atom. The number of halogens is 1. The van der Waals surface area contributed by atoms with E-state index in [0.717, 1.165) is 22.2 Å². The minimum Gasteiger partial charge on any atom is -0.341 e. The topological polar surface area (TPSA) is 83.7 Å². The number of imide groups is 1. The van der Waals surface area contributed by atoms with Crippen molar-refractivity contribution in [3.63, 3.8) is 0 Å². The van der Waals surface area contributed by atoms with Crippen molar-refractivity contribution in [2.45, 2.75) is 18.9 Å². The maximum absolute atomic E-state index is 12.3. The molecule has 0 aromatic heterocycles. The quantitative estimate of drug-likeness (QED) is 0.792. The smallest absolute Gasteiger partial charge is 0.262 e. The molecule has 2 aliphatic rings. The third-order valence-corrected chi connectivity index (χ3v) is 4.61. The zero-order valence-corrected chi connectivity index (χ0v) is 13.5. The van der Waals surface area contributed by atoms with Crippen LogP contribution in [0.2, 0.25) is 0 Å². The molecule has 0 spiro atoms. The first-order valence-corrected chi connectivity index (χ1v) is 7.96. The summed E-state index contributed by atoms with van der Waals surface area (Å²) in [7, 11) is 0. The number of rotatable bonds is 2. The summed E-state index contributed by atoms with van der Waals surface area (Å²) in [6, 6.07) is 5.05. The monoisotopic (exact) mass is 365 g/mol. The van der Waals surface area contributed by atoms with Crippen LogP contribution in [0.3, 0.4) is 0 Å². The first kappa shape index (κ1) is 15.2. The lowest BCUT2D eigenvalue weighted by molar-refractivity contribution is -0.132. The van der Waals surface area contributed by atoms with Gasteiger partial charge < -0.3 is 10.6 Å². The molecule has 2 heterocycles. The average molecular weight is 366 g/mol. The summed E-state index contributed by atoms with van der Waals surface area (Å²) in [5.41, 5.74) is 6.50. The molecule has 3 rings (SSSR count). The molecule has 1 fully saturated rings.